The van der Waals surface area contributed by atoms with Crippen molar-refractivity contribution in [1.29, 1.82) is 0 Å². The molecule has 0 aliphatic heterocycles. The van der Waals surface area contributed by atoms with Gasteiger partial charge in [0.25, 0.3) is 0 Å². The van der Waals surface area contributed by atoms with Gasteiger partial charge < -0.3 is 15.3 Å². The highest BCUT2D eigenvalue weighted by atomic mass is 16.3. The molecule has 0 radical (unpaired) electrons. The van der Waals surface area contributed by atoms with Gasteiger partial charge in [0, 0.05) is 16.7 Å². The number of aliphatic hydroxyl groups is 3. The molecule has 3 N–H and O–H groups in total. The lowest BCUT2D eigenvalue weighted by molar-refractivity contribution is -0.172. The van der Waals surface area contributed by atoms with E-state index in [9.17, 15) is 20.1 Å². The molecule has 0 heterocycles. The normalized spacial score (nSPS) is 46.2. The van der Waals surface area contributed by atoms with E-state index in [0.29, 0.717) is 31.1 Å². The Bertz CT molecular complexity index is 780. The third-order valence-corrected chi connectivity index (χ3v) is 9.83. The fourth-order valence-electron chi connectivity index (χ4n) is 8.30. The molecule has 4 rings (SSSR count). The van der Waals surface area contributed by atoms with Crippen molar-refractivity contribution >= 4 is 5.78 Å². The molecule has 0 aromatic heterocycles. The largest absolute Gasteiger partial charge is 0.393 e. The Morgan fingerprint density at radius 1 is 1.19 bits per heavy atom. The van der Waals surface area contributed by atoms with Crippen LogP contribution >= 0.6 is 0 Å². The fraction of sp³-hybridized carbons (Fsp3) is 0.815. The molecule has 174 valence electrons. The summed E-state index contributed by atoms with van der Waals surface area (Å²) in [5, 5.41) is 34.3. The minimum Gasteiger partial charge on any atom is -0.393 e. The Morgan fingerprint density at radius 2 is 1.90 bits per heavy atom. The van der Waals surface area contributed by atoms with Crippen LogP contribution in [0, 0.1) is 40.4 Å². The number of ketones is 1. The van der Waals surface area contributed by atoms with Crippen LogP contribution in [0.2, 0.25) is 0 Å². The maximum Gasteiger partial charge on any atom is 0.178 e. The number of fused-ring (bicyclic) bond motifs is 5. The highest BCUT2D eigenvalue weighted by molar-refractivity contribution is 6.01. The highest BCUT2D eigenvalue weighted by Gasteiger charge is 2.67. The van der Waals surface area contributed by atoms with Crippen LogP contribution in [-0.2, 0) is 4.79 Å². The van der Waals surface area contributed by atoms with Gasteiger partial charge in [-0.2, -0.15) is 0 Å². The second-order valence-electron chi connectivity index (χ2n) is 12.1. The van der Waals surface area contributed by atoms with Crippen LogP contribution in [-0.4, -0.2) is 38.9 Å². The van der Waals surface area contributed by atoms with E-state index in [2.05, 4.69) is 33.8 Å². The first-order chi connectivity index (χ1) is 14.4. The predicted molar refractivity (Wildman–Crippen MR) is 122 cm³/mol. The highest BCUT2D eigenvalue weighted by Crippen LogP contribution is 2.67. The Labute approximate surface area is 187 Å². The van der Waals surface area contributed by atoms with E-state index >= 15 is 0 Å². The Morgan fingerprint density at radius 3 is 2.58 bits per heavy atom. The van der Waals surface area contributed by atoms with Crippen molar-refractivity contribution in [3.05, 3.63) is 23.8 Å². The van der Waals surface area contributed by atoms with Crippen molar-refractivity contribution in [2.24, 2.45) is 40.4 Å². The summed E-state index contributed by atoms with van der Waals surface area (Å²) < 4.78 is 0. The third kappa shape index (κ3) is 3.57. The van der Waals surface area contributed by atoms with Crippen molar-refractivity contribution in [2.75, 3.05) is 0 Å². The first-order valence-corrected chi connectivity index (χ1v) is 12.4. The molecule has 0 aromatic carbocycles. The van der Waals surface area contributed by atoms with E-state index in [1.165, 1.54) is 5.57 Å². The Balaban J connectivity index is 1.63. The van der Waals surface area contributed by atoms with Crippen LogP contribution < -0.4 is 0 Å². The molecule has 4 aliphatic rings. The maximum atomic E-state index is 12.0. The standard InChI is InChI=1S/C27H42O4/c1-16(2)7-6-11-26(4,31)24-22(29)14-21-19-9-8-17-13-18(28)10-12-25(17,3)20(19)15-23(30)27(21,24)5/h10,12-13,16,19-24,29-31H,6-9,11,14-15H2,1-5H3/t19-,20+,21+,22+,23-,24-,25+,26+,27-/m1/s1. The zero-order valence-corrected chi connectivity index (χ0v) is 20.0. The molecular weight excluding hydrogens is 388 g/mol. The number of carbonyl (C=O) groups excluding carboxylic acids is 1. The van der Waals surface area contributed by atoms with Gasteiger partial charge in [0.15, 0.2) is 5.78 Å². The summed E-state index contributed by atoms with van der Waals surface area (Å²) in [6.45, 7) is 10.6. The lowest BCUT2D eigenvalue weighted by Crippen LogP contribution is -2.59. The number of rotatable bonds is 5. The van der Waals surface area contributed by atoms with Crippen molar-refractivity contribution in [3.63, 3.8) is 0 Å². The molecule has 3 fully saturated rings. The molecule has 4 heteroatoms. The first-order valence-electron chi connectivity index (χ1n) is 12.4. The van der Waals surface area contributed by atoms with Gasteiger partial charge in [-0.1, -0.05) is 52.2 Å². The predicted octanol–water partition coefficient (Wildman–Crippen LogP) is 4.43. The van der Waals surface area contributed by atoms with Gasteiger partial charge in [0.2, 0.25) is 0 Å². The number of carbonyl (C=O) groups is 1. The van der Waals surface area contributed by atoms with Crippen LogP contribution in [0.1, 0.15) is 79.6 Å². The summed E-state index contributed by atoms with van der Waals surface area (Å²) in [5.74, 6) is 1.18. The number of allylic oxidation sites excluding steroid dienone is 4. The van der Waals surface area contributed by atoms with Gasteiger partial charge in [-0.05, 0) is 74.9 Å². The summed E-state index contributed by atoms with van der Waals surface area (Å²) in [4.78, 5) is 12.0. The fourth-order valence-corrected chi connectivity index (χ4v) is 8.30. The zero-order chi connectivity index (χ0) is 22.8. The molecule has 0 aromatic rings. The van der Waals surface area contributed by atoms with Gasteiger partial charge >= 0.3 is 0 Å². The smallest absolute Gasteiger partial charge is 0.178 e. The first kappa shape index (κ1) is 23.2. The zero-order valence-electron chi connectivity index (χ0n) is 20.0. The van der Waals surface area contributed by atoms with Crippen molar-refractivity contribution < 1.29 is 20.1 Å². The minimum atomic E-state index is -0.994. The van der Waals surface area contributed by atoms with E-state index in [1.807, 2.05) is 13.0 Å². The molecule has 0 saturated heterocycles. The number of aliphatic hydroxyl groups excluding tert-OH is 2. The second kappa shape index (κ2) is 7.81. The van der Waals surface area contributed by atoms with E-state index in [4.69, 9.17) is 0 Å². The van der Waals surface area contributed by atoms with Crippen molar-refractivity contribution in [1.82, 2.24) is 0 Å². The van der Waals surface area contributed by atoms with Gasteiger partial charge in [-0.25, -0.2) is 0 Å². The summed E-state index contributed by atoms with van der Waals surface area (Å²) >= 11 is 0. The summed E-state index contributed by atoms with van der Waals surface area (Å²) in [5.41, 5.74) is -0.477. The molecule has 0 unspecified atom stereocenters. The van der Waals surface area contributed by atoms with E-state index in [0.717, 1.165) is 25.7 Å². The summed E-state index contributed by atoms with van der Waals surface area (Å²) in [6.07, 6.45) is 10.3. The van der Waals surface area contributed by atoms with E-state index < -0.39 is 23.2 Å². The topological polar surface area (TPSA) is 77.8 Å². The average Bonchev–Trinajstić information content (AvgIpc) is 2.95. The summed E-state index contributed by atoms with van der Waals surface area (Å²) in [6, 6.07) is 0. The van der Waals surface area contributed by atoms with Crippen LogP contribution in [0.15, 0.2) is 23.8 Å². The van der Waals surface area contributed by atoms with Crippen molar-refractivity contribution in [3.8, 4) is 0 Å². The molecule has 4 nitrogen and oxygen atoms in total. The minimum absolute atomic E-state index is 0.0703. The monoisotopic (exact) mass is 430 g/mol. The Hall–Kier alpha value is -0.970. The van der Waals surface area contributed by atoms with Crippen LogP contribution in [0.25, 0.3) is 0 Å². The summed E-state index contributed by atoms with van der Waals surface area (Å²) in [7, 11) is 0. The third-order valence-electron chi connectivity index (χ3n) is 9.83. The van der Waals surface area contributed by atoms with Gasteiger partial charge in [0.05, 0.1) is 17.8 Å². The van der Waals surface area contributed by atoms with Crippen LogP contribution in [0.4, 0.5) is 0 Å². The van der Waals surface area contributed by atoms with E-state index in [-0.39, 0.29) is 29.0 Å². The quantitative estimate of drug-likeness (QED) is 0.603. The molecule has 0 bridgehead atoms. The molecular formula is C27H42O4. The molecule has 0 amide bonds. The maximum absolute atomic E-state index is 12.0. The molecule has 0 spiro atoms. The van der Waals surface area contributed by atoms with Gasteiger partial charge in [0.1, 0.15) is 0 Å². The number of hydrogen-bond donors (Lipinski definition) is 3. The van der Waals surface area contributed by atoms with Gasteiger partial charge in [-0.15, -0.1) is 0 Å². The SMILES string of the molecule is CC(C)CCC[C@](C)(O)[C@H]1[C@@H](O)C[C@H]2[C@@H]3CCC4=CC(=O)C=C[C@]4(C)[C@H]3C[C@@H](O)[C@@]21C. The average molecular weight is 431 g/mol. The Kier molecular flexibility index (Phi) is 5.85. The molecule has 4 aliphatic carbocycles. The second-order valence-corrected chi connectivity index (χ2v) is 12.1. The lowest BCUT2D eigenvalue weighted by Gasteiger charge is -2.59. The molecule has 31 heavy (non-hydrogen) atoms. The van der Waals surface area contributed by atoms with E-state index in [1.54, 1.807) is 6.08 Å². The molecule has 3 saturated carbocycles. The van der Waals surface area contributed by atoms with Crippen LogP contribution in [0.5, 0.6) is 0 Å². The molecule has 9 atom stereocenters. The van der Waals surface area contributed by atoms with Gasteiger partial charge in [-0.3, -0.25) is 4.79 Å². The van der Waals surface area contributed by atoms with Crippen molar-refractivity contribution in [2.45, 2.75) is 97.4 Å². The van der Waals surface area contributed by atoms with Crippen LogP contribution in [0.3, 0.4) is 0 Å². The number of hydrogen-bond acceptors (Lipinski definition) is 4. The lowest BCUT2D eigenvalue weighted by atomic mass is 9.46.